The number of rotatable bonds is 3. The highest BCUT2D eigenvalue weighted by Gasteiger charge is 2.14. The molecule has 0 bridgehead atoms. The minimum Gasteiger partial charge on any atom is -0.368 e. The minimum atomic E-state index is -0.569. The predicted octanol–water partition coefficient (Wildman–Crippen LogP) is 2.30. The Morgan fingerprint density at radius 1 is 1.43 bits per heavy atom. The van der Waals surface area contributed by atoms with Crippen LogP contribution in [0.2, 0.25) is 5.02 Å². The van der Waals surface area contributed by atoms with Crippen LogP contribution in [0.3, 0.4) is 0 Å². The standard InChI is InChI=1S/C14H14ClN3O2S/c1-8-7-18(9(2)12(16)19)14(21-8)17-13(20)10-4-3-5-11(15)6-10/h3-7,9H,1-2H3,(H2,16,19). The normalized spacial score (nSPS) is 13.2. The lowest BCUT2D eigenvalue weighted by Gasteiger charge is -2.08. The maximum absolute atomic E-state index is 12.2. The lowest BCUT2D eigenvalue weighted by molar-refractivity contribution is -0.120. The van der Waals surface area contributed by atoms with Crippen molar-refractivity contribution in [2.24, 2.45) is 10.7 Å². The largest absolute Gasteiger partial charge is 0.368 e. The quantitative estimate of drug-likeness (QED) is 0.940. The van der Waals surface area contributed by atoms with Crippen molar-refractivity contribution in [1.29, 1.82) is 0 Å². The maximum Gasteiger partial charge on any atom is 0.279 e. The number of hydrogen-bond acceptors (Lipinski definition) is 3. The van der Waals surface area contributed by atoms with E-state index >= 15 is 0 Å². The van der Waals surface area contributed by atoms with Crippen LogP contribution in [0.5, 0.6) is 0 Å². The van der Waals surface area contributed by atoms with Crippen molar-refractivity contribution < 1.29 is 9.59 Å². The van der Waals surface area contributed by atoms with Gasteiger partial charge in [-0.05, 0) is 32.0 Å². The number of thiazole rings is 1. The van der Waals surface area contributed by atoms with Crippen LogP contribution >= 0.6 is 22.9 Å². The average molecular weight is 324 g/mol. The van der Waals surface area contributed by atoms with E-state index in [9.17, 15) is 9.59 Å². The van der Waals surface area contributed by atoms with Crippen molar-refractivity contribution >= 4 is 34.8 Å². The fourth-order valence-corrected chi connectivity index (χ4v) is 2.83. The Hall–Kier alpha value is -1.92. The van der Waals surface area contributed by atoms with Gasteiger partial charge in [0.25, 0.3) is 5.91 Å². The van der Waals surface area contributed by atoms with Crippen LogP contribution in [0.15, 0.2) is 35.5 Å². The number of nitrogens with two attached hydrogens (primary N) is 1. The van der Waals surface area contributed by atoms with Gasteiger partial charge in [0, 0.05) is 21.7 Å². The van der Waals surface area contributed by atoms with Gasteiger partial charge in [0.15, 0.2) is 4.80 Å². The molecule has 110 valence electrons. The molecule has 5 nitrogen and oxygen atoms in total. The van der Waals surface area contributed by atoms with E-state index in [0.29, 0.717) is 15.4 Å². The molecule has 1 heterocycles. The first-order valence-corrected chi connectivity index (χ1v) is 7.40. The van der Waals surface area contributed by atoms with Crippen molar-refractivity contribution in [3.63, 3.8) is 0 Å². The van der Waals surface area contributed by atoms with E-state index in [4.69, 9.17) is 17.3 Å². The molecule has 0 aliphatic rings. The SMILES string of the molecule is Cc1cn(C(C)C(N)=O)c(=NC(=O)c2cccc(Cl)c2)s1. The second kappa shape index (κ2) is 6.24. The van der Waals surface area contributed by atoms with Gasteiger partial charge in [0.05, 0.1) is 0 Å². The van der Waals surface area contributed by atoms with E-state index in [-0.39, 0.29) is 0 Å². The lowest BCUT2D eigenvalue weighted by atomic mass is 10.2. The fraction of sp³-hybridized carbons (Fsp3) is 0.214. The van der Waals surface area contributed by atoms with Crippen LogP contribution in [0.1, 0.15) is 28.2 Å². The molecule has 0 saturated carbocycles. The van der Waals surface area contributed by atoms with Crippen LogP contribution in [-0.4, -0.2) is 16.4 Å². The first-order valence-electron chi connectivity index (χ1n) is 6.21. The van der Waals surface area contributed by atoms with Gasteiger partial charge >= 0.3 is 0 Å². The minimum absolute atomic E-state index is 0.395. The Balaban J connectivity index is 2.46. The number of nitrogens with zero attached hydrogens (tertiary/aromatic N) is 2. The Kier molecular flexibility index (Phi) is 4.59. The van der Waals surface area contributed by atoms with Crippen molar-refractivity contribution in [3.8, 4) is 0 Å². The highest BCUT2D eigenvalue weighted by atomic mass is 35.5. The van der Waals surface area contributed by atoms with Gasteiger partial charge in [0.1, 0.15) is 6.04 Å². The highest BCUT2D eigenvalue weighted by Crippen LogP contribution is 2.12. The number of hydrogen-bond donors (Lipinski definition) is 1. The number of amides is 2. The first kappa shape index (κ1) is 15.5. The predicted molar refractivity (Wildman–Crippen MR) is 82.3 cm³/mol. The third-order valence-corrected chi connectivity index (χ3v) is 4.04. The monoisotopic (exact) mass is 323 g/mol. The Morgan fingerprint density at radius 3 is 2.76 bits per heavy atom. The summed E-state index contributed by atoms with van der Waals surface area (Å²) in [5, 5.41) is 0.469. The van der Waals surface area contributed by atoms with Gasteiger partial charge in [0.2, 0.25) is 5.91 Å². The van der Waals surface area contributed by atoms with Crippen LogP contribution in [0.25, 0.3) is 0 Å². The molecular formula is C14H14ClN3O2S. The van der Waals surface area contributed by atoms with Gasteiger partial charge in [-0.3, -0.25) is 9.59 Å². The Morgan fingerprint density at radius 2 is 2.14 bits per heavy atom. The summed E-state index contributed by atoms with van der Waals surface area (Å²) in [6.45, 7) is 3.54. The summed E-state index contributed by atoms with van der Waals surface area (Å²) < 4.78 is 1.60. The summed E-state index contributed by atoms with van der Waals surface area (Å²) in [7, 11) is 0. The first-order chi connectivity index (χ1) is 9.88. The second-order valence-corrected chi connectivity index (χ2v) is 6.19. The summed E-state index contributed by atoms with van der Waals surface area (Å²) in [5.41, 5.74) is 5.70. The molecule has 0 spiro atoms. The molecule has 1 aromatic carbocycles. The van der Waals surface area contributed by atoms with E-state index in [2.05, 4.69) is 4.99 Å². The van der Waals surface area contributed by atoms with Gasteiger partial charge < -0.3 is 10.3 Å². The topological polar surface area (TPSA) is 77.4 Å². The molecule has 2 aromatic rings. The summed E-state index contributed by atoms with van der Waals surface area (Å²) >= 11 is 7.18. The molecular weight excluding hydrogens is 310 g/mol. The zero-order valence-electron chi connectivity index (χ0n) is 11.5. The summed E-state index contributed by atoms with van der Waals surface area (Å²) in [6.07, 6.45) is 1.75. The van der Waals surface area contributed by atoms with E-state index in [1.807, 2.05) is 6.92 Å². The zero-order valence-corrected chi connectivity index (χ0v) is 13.1. The average Bonchev–Trinajstić information content (AvgIpc) is 2.78. The van der Waals surface area contributed by atoms with Crippen LogP contribution < -0.4 is 10.5 Å². The molecule has 2 N–H and O–H groups in total. The van der Waals surface area contributed by atoms with Crippen LogP contribution in [0, 0.1) is 6.92 Å². The summed E-state index contributed by atoms with van der Waals surface area (Å²) in [5.74, 6) is -0.894. The molecule has 0 fully saturated rings. The molecule has 0 aliphatic heterocycles. The molecule has 2 rings (SSSR count). The molecule has 2 amide bonds. The van der Waals surface area contributed by atoms with E-state index in [0.717, 1.165) is 4.88 Å². The Labute approximate surface area is 130 Å². The zero-order chi connectivity index (χ0) is 15.6. The molecule has 1 atom stereocenters. The lowest BCUT2D eigenvalue weighted by Crippen LogP contribution is -2.29. The van der Waals surface area contributed by atoms with E-state index in [1.165, 1.54) is 11.3 Å². The van der Waals surface area contributed by atoms with Crippen molar-refractivity contribution in [2.75, 3.05) is 0 Å². The number of carbonyl (C=O) groups is 2. The maximum atomic E-state index is 12.2. The number of benzene rings is 1. The molecule has 7 heteroatoms. The third-order valence-electron chi connectivity index (χ3n) is 2.89. The van der Waals surface area contributed by atoms with Crippen molar-refractivity contribution in [3.05, 3.63) is 50.7 Å². The summed E-state index contributed by atoms with van der Waals surface area (Å²) in [4.78, 5) is 28.9. The smallest absolute Gasteiger partial charge is 0.279 e. The van der Waals surface area contributed by atoms with Crippen molar-refractivity contribution in [1.82, 2.24) is 4.57 Å². The third kappa shape index (κ3) is 3.59. The number of aromatic nitrogens is 1. The molecule has 21 heavy (non-hydrogen) atoms. The van der Waals surface area contributed by atoms with Gasteiger partial charge in [-0.2, -0.15) is 4.99 Å². The number of halogens is 1. The Bertz CT molecular complexity index is 764. The van der Waals surface area contributed by atoms with Gasteiger partial charge in [-0.15, -0.1) is 11.3 Å². The van der Waals surface area contributed by atoms with Crippen molar-refractivity contribution in [2.45, 2.75) is 19.9 Å². The number of aryl methyl sites for hydroxylation is 1. The molecule has 1 unspecified atom stereocenters. The van der Waals surface area contributed by atoms with Gasteiger partial charge in [-0.1, -0.05) is 17.7 Å². The van der Waals surface area contributed by atoms with Gasteiger partial charge in [-0.25, -0.2) is 0 Å². The second-order valence-electron chi connectivity index (χ2n) is 4.54. The van der Waals surface area contributed by atoms with Crippen LogP contribution in [-0.2, 0) is 4.79 Å². The fourth-order valence-electron chi connectivity index (χ4n) is 1.74. The number of carbonyl (C=O) groups excluding carboxylic acids is 2. The highest BCUT2D eigenvalue weighted by molar-refractivity contribution is 7.09. The van der Waals surface area contributed by atoms with E-state index in [1.54, 1.807) is 42.0 Å². The molecule has 1 aromatic heterocycles. The van der Waals surface area contributed by atoms with Crippen LogP contribution in [0.4, 0.5) is 0 Å². The van der Waals surface area contributed by atoms with E-state index < -0.39 is 17.9 Å². The molecule has 0 saturated heterocycles. The number of primary amides is 1. The summed E-state index contributed by atoms with van der Waals surface area (Å²) in [6, 6.07) is 5.99. The molecule has 0 aliphatic carbocycles. The molecule has 0 radical (unpaired) electrons.